The minimum absolute atomic E-state index is 0.0330. The number of ether oxygens (including phenoxy) is 2. The second kappa shape index (κ2) is 9.03. The maximum absolute atomic E-state index is 12.9. The lowest BCUT2D eigenvalue weighted by atomic mass is 9.98. The van der Waals surface area contributed by atoms with E-state index in [1.165, 1.54) is 0 Å². The smallest absolute Gasteiger partial charge is 0.411 e. The van der Waals surface area contributed by atoms with Gasteiger partial charge in [0.25, 0.3) is 0 Å². The summed E-state index contributed by atoms with van der Waals surface area (Å²) in [5, 5.41) is 16.2. The molecule has 1 heterocycles. The fourth-order valence-electron chi connectivity index (χ4n) is 2.39. The minimum Gasteiger partial charge on any atom is -0.450 e. The molecule has 0 atom stereocenters. The number of alkyl carbamates (subject to hydrolysis) is 2. The van der Waals surface area contributed by atoms with E-state index in [2.05, 4.69) is 16.0 Å². The third-order valence-electron chi connectivity index (χ3n) is 3.57. The number of rotatable bonds is 8. The summed E-state index contributed by atoms with van der Waals surface area (Å²) < 4.78 is 9.56. The summed E-state index contributed by atoms with van der Waals surface area (Å²) in [6.45, 7) is 4.03. The molecule has 0 radical (unpaired) electrons. The highest BCUT2D eigenvalue weighted by Crippen LogP contribution is 2.27. The predicted molar refractivity (Wildman–Crippen MR) is 91.0 cm³/mol. The highest BCUT2D eigenvalue weighted by molar-refractivity contribution is 6.25. The average Bonchev–Trinajstić information content (AvgIpc) is 3.44. The highest BCUT2D eigenvalue weighted by atomic mass is 16.6. The zero-order valence-electron chi connectivity index (χ0n) is 15.1. The van der Waals surface area contributed by atoms with E-state index in [9.17, 15) is 19.2 Å². The van der Waals surface area contributed by atoms with Gasteiger partial charge >= 0.3 is 12.2 Å². The van der Waals surface area contributed by atoms with E-state index in [1.807, 2.05) is 0 Å². The first-order chi connectivity index (χ1) is 12.9. The van der Waals surface area contributed by atoms with E-state index in [1.54, 1.807) is 18.7 Å². The Bertz CT molecular complexity index is 710. The van der Waals surface area contributed by atoms with Crippen molar-refractivity contribution in [3.8, 4) is 0 Å². The van der Waals surface area contributed by atoms with Crippen molar-refractivity contribution in [1.82, 2.24) is 20.9 Å². The van der Waals surface area contributed by atoms with Gasteiger partial charge in [0.2, 0.25) is 11.6 Å². The highest BCUT2D eigenvalue weighted by Gasteiger charge is 2.42. The van der Waals surface area contributed by atoms with Gasteiger partial charge in [-0.2, -0.15) is 0 Å². The number of nitrogens with zero attached hydrogens (tertiary/aromatic N) is 1. The van der Waals surface area contributed by atoms with Crippen molar-refractivity contribution in [3.05, 3.63) is 22.8 Å². The number of carbonyl (C=O) groups excluding carboxylic acids is 4. The molecule has 11 nitrogen and oxygen atoms in total. The van der Waals surface area contributed by atoms with Gasteiger partial charge in [0.05, 0.1) is 19.8 Å². The molecule has 0 unspecified atom stereocenters. The average molecular weight is 382 g/mol. The van der Waals surface area contributed by atoms with Crippen molar-refractivity contribution < 1.29 is 33.8 Å². The molecule has 0 bridgehead atoms. The maximum atomic E-state index is 12.9. The number of nitrogens with one attached hydrogen (secondary N) is 3. The quantitative estimate of drug-likeness (QED) is 0.305. The summed E-state index contributed by atoms with van der Waals surface area (Å²) in [5.74, 6) is -1.38. The van der Waals surface area contributed by atoms with Gasteiger partial charge in [0, 0.05) is 19.6 Å². The topological polar surface area (TPSA) is 146 Å². The Morgan fingerprint density at radius 2 is 1.52 bits per heavy atom. The van der Waals surface area contributed by atoms with Crippen molar-refractivity contribution in [3.63, 3.8) is 0 Å². The number of hydrogen-bond acceptors (Lipinski definition) is 9. The molecule has 4 N–H and O–H groups in total. The lowest BCUT2D eigenvalue weighted by Gasteiger charge is -2.25. The van der Waals surface area contributed by atoms with Crippen LogP contribution in [0, 0.1) is 0 Å². The number of ketones is 2. The molecule has 1 saturated heterocycles. The first kappa shape index (κ1) is 20.2. The zero-order valence-corrected chi connectivity index (χ0v) is 15.1. The van der Waals surface area contributed by atoms with E-state index in [-0.39, 0.29) is 49.2 Å². The Hall–Kier alpha value is -3.08. The number of aliphatic hydroxyl groups is 1. The van der Waals surface area contributed by atoms with Crippen molar-refractivity contribution in [2.45, 2.75) is 13.8 Å². The van der Waals surface area contributed by atoms with Gasteiger partial charge in [-0.3, -0.25) is 20.2 Å². The third-order valence-corrected chi connectivity index (χ3v) is 3.57. The van der Waals surface area contributed by atoms with Crippen molar-refractivity contribution in [2.24, 2.45) is 0 Å². The second-order valence-corrected chi connectivity index (χ2v) is 5.46. The number of carbonyl (C=O) groups is 4. The minimum atomic E-state index is -0.899. The molecule has 0 saturated carbocycles. The number of aliphatic hydroxyl groups excluding tert-OH is 1. The SMILES string of the molecule is CCOC(=O)NC1=C(NCCO)C(=O)C(NC(=O)OCC)=C(N2CC2)C1=O. The van der Waals surface area contributed by atoms with Crippen LogP contribution in [-0.2, 0) is 19.1 Å². The molecular formula is C16H22N4O7. The van der Waals surface area contributed by atoms with Crippen LogP contribution in [0.25, 0.3) is 0 Å². The summed E-state index contributed by atoms with van der Waals surface area (Å²) in [6, 6.07) is 0. The van der Waals surface area contributed by atoms with Crippen LogP contribution in [0.1, 0.15) is 13.8 Å². The lowest BCUT2D eigenvalue weighted by Crippen LogP contribution is -2.44. The molecule has 11 heteroatoms. The predicted octanol–water partition coefficient (Wildman–Crippen LogP) is -1.05. The van der Waals surface area contributed by atoms with Crippen LogP contribution in [0.5, 0.6) is 0 Å². The summed E-state index contributed by atoms with van der Waals surface area (Å²) in [4.78, 5) is 51.0. The van der Waals surface area contributed by atoms with Crippen LogP contribution in [0.3, 0.4) is 0 Å². The molecule has 0 aromatic carbocycles. The Kier molecular flexibility index (Phi) is 6.77. The largest absolute Gasteiger partial charge is 0.450 e. The number of hydrogen-bond donors (Lipinski definition) is 4. The fraction of sp³-hybridized carbons (Fsp3) is 0.500. The van der Waals surface area contributed by atoms with E-state index in [0.717, 1.165) is 0 Å². The molecule has 0 aromatic heterocycles. The number of amides is 2. The summed E-state index contributed by atoms with van der Waals surface area (Å²) in [6.07, 6.45) is -1.78. The van der Waals surface area contributed by atoms with Gasteiger partial charge in [-0.15, -0.1) is 0 Å². The number of Topliss-reactive ketones (excluding diaryl/α,β-unsaturated/α-hetero) is 2. The molecule has 0 aromatic rings. The summed E-state index contributed by atoms with van der Waals surface area (Å²) >= 11 is 0. The maximum Gasteiger partial charge on any atom is 0.411 e. The Balaban J connectivity index is 2.41. The van der Waals surface area contributed by atoms with Crippen LogP contribution < -0.4 is 16.0 Å². The van der Waals surface area contributed by atoms with Crippen molar-refractivity contribution in [2.75, 3.05) is 39.5 Å². The third kappa shape index (κ3) is 4.76. The molecule has 148 valence electrons. The second-order valence-electron chi connectivity index (χ2n) is 5.46. The normalized spacial score (nSPS) is 16.3. The van der Waals surface area contributed by atoms with Gasteiger partial charge in [-0.1, -0.05) is 0 Å². The van der Waals surface area contributed by atoms with E-state index >= 15 is 0 Å². The van der Waals surface area contributed by atoms with Gasteiger partial charge in [0.15, 0.2) is 0 Å². The molecule has 2 amide bonds. The Labute approximate surface area is 155 Å². The first-order valence-corrected chi connectivity index (χ1v) is 8.49. The van der Waals surface area contributed by atoms with E-state index < -0.39 is 23.8 Å². The molecular weight excluding hydrogens is 360 g/mol. The molecule has 27 heavy (non-hydrogen) atoms. The molecule has 2 rings (SSSR count). The van der Waals surface area contributed by atoms with Crippen molar-refractivity contribution >= 4 is 23.8 Å². The van der Waals surface area contributed by atoms with Crippen LogP contribution in [-0.4, -0.2) is 73.2 Å². The van der Waals surface area contributed by atoms with E-state index in [0.29, 0.717) is 13.1 Å². The Morgan fingerprint density at radius 1 is 0.963 bits per heavy atom. The molecule has 1 aliphatic heterocycles. The molecule has 1 aliphatic carbocycles. The standard InChI is InChI=1S/C16H22N4O7/c1-3-26-15(24)18-10-9(17-5-8-21)13(22)11(19-16(25)27-4-2)12(14(10)23)20-6-7-20/h17,21H,3-8H2,1-2H3,(H,18,24)(H,19,25). The summed E-state index contributed by atoms with van der Waals surface area (Å²) in [5.41, 5.74) is -0.831. The zero-order chi connectivity index (χ0) is 20.0. The van der Waals surface area contributed by atoms with E-state index in [4.69, 9.17) is 14.6 Å². The fourth-order valence-corrected chi connectivity index (χ4v) is 2.39. The first-order valence-electron chi connectivity index (χ1n) is 8.49. The van der Waals surface area contributed by atoms with Gasteiger partial charge in [-0.05, 0) is 13.8 Å². The van der Waals surface area contributed by atoms with Crippen LogP contribution >= 0.6 is 0 Å². The monoisotopic (exact) mass is 382 g/mol. The van der Waals surface area contributed by atoms with Gasteiger partial charge in [0.1, 0.15) is 22.8 Å². The summed E-state index contributed by atoms with van der Waals surface area (Å²) in [7, 11) is 0. The molecule has 0 spiro atoms. The van der Waals surface area contributed by atoms with Crippen LogP contribution in [0.4, 0.5) is 9.59 Å². The molecule has 1 fully saturated rings. The van der Waals surface area contributed by atoms with Gasteiger partial charge < -0.3 is 24.8 Å². The van der Waals surface area contributed by atoms with Crippen LogP contribution in [0.15, 0.2) is 22.8 Å². The van der Waals surface area contributed by atoms with Crippen LogP contribution in [0.2, 0.25) is 0 Å². The Morgan fingerprint density at radius 3 is 2.00 bits per heavy atom. The van der Waals surface area contributed by atoms with Gasteiger partial charge in [-0.25, -0.2) is 9.59 Å². The van der Waals surface area contributed by atoms with Crippen molar-refractivity contribution in [1.29, 1.82) is 0 Å². The lowest BCUT2D eigenvalue weighted by molar-refractivity contribution is -0.118. The molecule has 2 aliphatic rings.